The van der Waals surface area contributed by atoms with E-state index in [2.05, 4.69) is 5.32 Å². The number of nitro groups is 1. The van der Waals surface area contributed by atoms with Crippen LogP contribution in [-0.4, -0.2) is 17.4 Å². The Kier molecular flexibility index (Phi) is 3.92. The van der Waals surface area contributed by atoms with Crippen LogP contribution in [0.2, 0.25) is 0 Å². The van der Waals surface area contributed by atoms with E-state index in [4.69, 9.17) is 4.42 Å². The summed E-state index contributed by atoms with van der Waals surface area (Å²) >= 11 is 0. The van der Waals surface area contributed by atoms with Crippen LogP contribution in [0.1, 0.15) is 16.1 Å². The highest BCUT2D eigenvalue weighted by atomic mass is 16.6. The van der Waals surface area contributed by atoms with Gasteiger partial charge in [-0.3, -0.25) is 14.9 Å². The highest BCUT2D eigenvalue weighted by molar-refractivity contribution is 5.94. The second-order valence-corrected chi connectivity index (χ2v) is 3.89. The lowest BCUT2D eigenvalue weighted by molar-refractivity contribution is -0.384. The molecule has 0 radical (unpaired) electrons. The number of furan rings is 1. The number of amides is 1. The predicted molar refractivity (Wildman–Crippen MR) is 67.8 cm³/mol. The van der Waals surface area contributed by atoms with Crippen molar-refractivity contribution >= 4 is 11.6 Å². The number of hydrogen-bond donors (Lipinski definition) is 1. The minimum Gasteiger partial charge on any atom is -0.469 e. The number of nitro benzene ring substituents is 1. The zero-order valence-electron chi connectivity index (χ0n) is 10.0. The van der Waals surface area contributed by atoms with Crippen molar-refractivity contribution in [1.82, 2.24) is 5.32 Å². The number of carbonyl (C=O) groups is 1. The molecular formula is C13H12N2O4. The molecule has 6 nitrogen and oxygen atoms in total. The van der Waals surface area contributed by atoms with Gasteiger partial charge in [-0.1, -0.05) is 0 Å². The van der Waals surface area contributed by atoms with E-state index in [1.54, 1.807) is 12.3 Å². The molecule has 0 spiro atoms. The van der Waals surface area contributed by atoms with Gasteiger partial charge in [-0.2, -0.15) is 0 Å². The number of nitrogens with zero attached hydrogens (tertiary/aromatic N) is 1. The van der Waals surface area contributed by atoms with Crippen molar-refractivity contribution < 1.29 is 14.1 Å². The fourth-order valence-electron chi connectivity index (χ4n) is 1.59. The minimum atomic E-state index is -0.501. The summed E-state index contributed by atoms with van der Waals surface area (Å²) in [6, 6.07) is 9.09. The lowest BCUT2D eigenvalue weighted by atomic mass is 10.2. The monoisotopic (exact) mass is 260 g/mol. The molecule has 0 atom stereocenters. The molecule has 6 heteroatoms. The average molecular weight is 260 g/mol. The van der Waals surface area contributed by atoms with Crippen LogP contribution in [-0.2, 0) is 6.42 Å². The Morgan fingerprint density at radius 3 is 2.58 bits per heavy atom. The van der Waals surface area contributed by atoms with E-state index in [-0.39, 0.29) is 11.6 Å². The van der Waals surface area contributed by atoms with Gasteiger partial charge in [0.2, 0.25) is 0 Å². The molecule has 0 saturated heterocycles. The Morgan fingerprint density at radius 2 is 2.00 bits per heavy atom. The Labute approximate surface area is 109 Å². The van der Waals surface area contributed by atoms with Crippen molar-refractivity contribution in [2.75, 3.05) is 6.54 Å². The number of non-ortho nitro benzene ring substituents is 1. The van der Waals surface area contributed by atoms with Gasteiger partial charge in [-0.05, 0) is 24.3 Å². The molecule has 1 heterocycles. The second-order valence-electron chi connectivity index (χ2n) is 3.89. The molecule has 0 unspecified atom stereocenters. The van der Waals surface area contributed by atoms with Gasteiger partial charge in [0.05, 0.1) is 11.2 Å². The molecule has 0 bridgehead atoms. The molecule has 2 aromatic rings. The first-order chi connectivity index (χ1) is 9.16. The van der Waals surface area contributed by atoms with Crippen LogP contribution in [0.15, 0.2) is 47.1 Å². The Bertz CT molecular complexity index is 561. The lowest BCUT2D eigenvalue weighted by Crippen LogP contribution is -2.25. The summed E-state index contributed by atoms with van der Waals surface area (Å²) in [5.74, 6) is 0.533. The van der Waals surface area contributed by atoms with Gasteiger partial charge in [0.25, 0.3) is 11.6 Å². The third-order valence-corrected chi connectivity index (χ3v) is 2.58. The minimum absolute atomic E-state index is 0.0351. The molecule has 19 heavy (non-hydrogen) atoms. The first-order valence-electron chi connectivity index (χ1n) is 5.72. The van der Waals surface area contributed by atoms with E-state index in [9.17, 15) is 14.9 Å². The van der Waals surface area contributed by atoms with Crippen molar-refractivity contribution in [2.24, 2.45) is 0 Å². The van der Waals surface area contributed by atoms with E-state index in [0.717, 1.165) is 5.76 Å². The lowest BCUT2D eigenvalue weighted by Gasteiger charge is -2.03. The normalized spacial score (nSPS) is 10.1. The van der Waals surface area contributed by atoms with Crippen LogP contribution in [0.25, 0.3) is 0 Å². The fourth-order valence-corrected chi connectivity index (χ4v) is 1.59. The van der Waals surface area contributed by atoms with Crippen molar-refractivity contribution in [3.05, 3.63) is 64.1 Å². The average Bonchev–Trinajstić information content (AvgIpc) is 2.92. The largest absolute Gasteiger partial charge is 0.469 e. The standard InChI is InChI=1S/C13H12N2O4/c16-13(14-8-7-12-2-1-9-19-12)10-3-5-11(6-4-10)15(17)18/h1-6,9H,7-8H2,(H,14,16). The third kappa shape index (κ3) is 3.41. The maximum Gasteiger partial charge on any atom is 0.269 e. The molecule has 2 rings (SSSR count). The van der Waals surface area contributed by atoms with Crippen molar-refractivity contribution in [1.29, 1.82) is 0 Å². The first kappa shape index (κ1) is 12.8. The molecule has 1 aromatic carbocycles. The highest BCUT2D eigenvalue weighted by Gasteiger charge is 2.09. The molecule has 98 valence electrons. The van der Waals surface area contributed by atoms with Crippen molar-refractivity contribution in [2.45, 2.75) is 6.42 Å². The van der Waals surface area contributed by atoms with Crippen molar-refractivity contribution in [3.63, 3.8) is 0 Å². The van der Waals surface area contributed by atoms with E-state index in [0.29, 0.717) is 18.5 Å². The van der Waals surface area contributed by atoms with Gasteiger partial charge in [-0.25, -0.2) is 0 Å². The van der Waals surface area contributed by atoms with Crippen molar-refractivity contribution in [3.8, 4) is 0 Å². The first-order valence-corrected chi connectivity index (χ1v) is 5.72. The summed E-state index contributed by atoms with van der Waals surface area (Å²) in [6.45, 7) is 0.448. The van der Waals surface area contributed by atoms with Crippen LogP contribution in [0.4, 0.5) is 5.69 Å². The van der Waals surface area contributed by atoms with Crippen LogP contribution in [0, 0.1) is 10.1 Å². The van der Waals surface area contributed by atoms with Gasteiger partial charge in [0.15, 0.2) is 0 Å². The summed E-state index contributed by atoms with van der Waals surface area (Å²) in [5.41, 5.74) is 0.359. The van der Waals surface area contributed by atoms with E-state index in [1.165, 1.54) is 24.3 Å². The summed E-state index contributed by atoms with van der Waals surface area (Å²) in [5, 5.41) is 13.2. The molecule has 0 aliphatic carbocycles. The van der Waals surface area contributed by atoms with E-state index in [1.807, 2.05) is 6.07 Å². The Morgan fingerprint density at radius 1 is 1.26 bits per heavy atom. The number of carbonyl (C=O) groups excluding carboxylic acids is 1. The van der Waals surface area contributed by atoms with Crippen LogP contribution in [0.5, 0.6) is 0 Å². The van der Waals surface area contributed by atoms with Gasteiger partial charge >= 0.3 is 0 Å². The van der Waals surface area contributed by atoms with Crippen LogP contribution in [0.3, 0.4) is 0 Å². The molecule has 0 aliphatic rings. The zero-order valence-corrected chi connectivity index (χ0v) is 10.0. The summed E-state index contributed by atoms with van der Waals surface area (Å²) in [6.07, 6.45) is 2.18. The molecule has 0 fully saturated rings. The van der Waals surface area contributed by atoms with E-state index < -0.39 is 4.92 Å². The van der Waals surface area contributed by atoms with E-state index >= 15 is 0 Å². The maximum absolute atomic E-state index is 11.7. The van der Waals surface area contributed by atoms with Crippen LogP contribution >= 0.6 is 0 Å². The zero-order chi connectivity index (χ0) is 13.7. The highest BCUT2D eigenvalue weighted by Crippen LogP contribution is 2.11. The van der Waals surface area contributed by atoms with Gasteiger partial charge in [0, 0.05) is 30.7 Å². The molecule has 0 aliphatic heterocycles. The molecule has 1 aromatic heterocycles. The SMILES string of the molecule is O=C(NCCc1ccco1)c1ccc([N+](=O)[O-])cc1. The number of rotatable bonds is 5. The Hall–Kier alpha value is -2.63. The third-order valence-electron chi connectivity index (χ3n) is 2.58. The van der Waals surface area contributed by atoms with Crippen LogP contribution < -0.4 is 5.32 Å². The Balaban J connectivity index is 1.87. The smallest absolute Gasteiger partial charge is 0.269 e. The predicted octanol–water partition coefficient (Wildman–Crippen LogP) is 2.16. The summed E-state index contributed by atoms with van der Waals surface area (Å²) < 4.78 is 5.14. The molecule has 0 saturated carbocycles. The van der Waals surface area contributed by atoms with Gasteiger partial charge < -0.3 is 9.73 Å². The topological polar surface area (TPSA) is 85.4 Å². The molecule has 1 amide bonds. The molecule has 1 N–H and O–H groups in total. The summed E-state index contributed by atoms with van der Waals surface area (Å²) in [4.78, 5) is 21.7. The van der Waals surface area contributed by atoms with Gasteiger partial charge in [0.1, 0.15) is 5.76 Å². The maximum atomic E-state index is 11.7. The fraction of sp³-hybridized carbons (Fsp3) is 0.154. The second kappa shape index (κ2) is 5.81. The quantitative estimate of drug-likeness (QED) is 0.659. The number of hydrogen-bond acceptors (Lipinski definition) is 4. The number of benzene rings is 1. The van der Waals surface area contributed by atoms with Gasteiger partial charge in [-0.15, -0.1) is 0 Å². The molecular weight excluding hydrogens is 248 g/mol. The summed E-state index contributed by atoms with van der Waals surface area (Å²) in [7, 11) is 0. The number of nitrogens with one attached hydrogen (secondary N) is 1.